The largest absolute Gasteiger partial charge is 0.381 e. The molecular weight excluding hydrogens is 362 g/mol. The van der Waals surface area contributed by atoms with Crippen molar-refractivity contribution in [3.8, 4) is 0 Å². The van der Waals surface area contributed by atoms with E-state index in [0.717, 1.165) is 75.7 Å². The Hall–Kier alpha value is -1.70. The molecule has 4 heterocycles. The molecule has 27 heavy (non-hydrogen) atoms. The van der Waals surface area contributed by atoms with Crippen molar-refractivity contribution in [2.75, 3.05) is 26.3 Å². The number of aryl methyl sites for hydroxylation is 2. The lowest BCUT2D eigenvalue weighted by molar-refractivity contribution is 0.0642. The number of aromatic nitrogens is 1. The number of nitrogens with one attached hydrogen (secondary N) is 1. The van der Waals surface area contributed by atoms with Gasteiger partial charge in [0.1, 0.15) is 5.76 Å². The lowest BCUT2D eigenvalue weighted by Gasteiger charge is -2.27. The fourth-order valence-electron chi connectivity index (χ4n) is 3.94. The van der Waals surface area contributed by atoms with Crippen LogP contribution in [0.25, 0.3) is 0 Å². The molecule has 2 aromatic heterocycles. The topological polar surface area (TPSA) is 67.6 Å². The van der Waals surface area contributed by atoms with Crippen molar-refractivity contribution < 1.29 is 14.1 Å². The lowest BCUT2D eigenvalue weighted by atomic mass is 9.99. The van der Waals surface area contributed by atoms with Crippen molar-refractivity contribution in [2.45, 2.75) is 46.2 Å². The monoisotopic (exact) mass is 389 g/mol. The number of carbonyl (C=O) groups is 1. The highest BCUT2D eigenvalue weighted by molar-refractivity contribution is 7.10. The minimum atomic E-state index is 0.0816. The molecule has 0 aliphatic carbocycles. The first-order chi connectivity index (χ1) is 13.1. The van der Waals surface area contributed by atoms with Crippen LogP contribution in [0.4, 0.5) is 0 Å². The highest BCUT2D eigenvalue weighted by atomic mass is 32.1. The predicted molar refractivity (Wildman–Crippen MR) is 104 cm³/mol. The quantitative estimate of drug-likeness (QED) is 0.851. The molecule has 2 aliphatic rings. The predicted octanol–water partition coefficient (Wildman–Crippen LogP) is 3.07. The van der Waals surface area contributed by atoms with Gasteiger partial charge in [-0.05, 0) is 44.6 Å². The van der Waals surface area contributed by atoms with Gasteiger partial charge in [0.25, 0.3) is 5.91 Å². The molecule has 0 saturated carbocycles. The Morgan fingerprint density at radius 2 is 2.19 bits per heavy atom. The zero-order chi connectivity index (χ0) is 18.8. The number of hydrogen-bond acceptors (Lipinski definition) is 6. The molecular formula is C20H27N3O3S. The zero-order valence-corrected chi connectivity index (χ0v) is 16.9. The van der Waals surface area contributed by atoms with Crippen LogP contribution in [0.3, 0.4) is 0 Å². The molecule has 0 spiro atoms. The van der Waals surface area contributed by atoms with Crippen molar-refractivity contribution in [1.29, 1.82) is 0 Å². The van der Waals surface area contributed by atoms with Crippen molar-refractivity contribution in [2.24, 2.45) is 5.92 Å². The molecule has 1 fully saturated rings. The van der Waals surface area contributed by atoms with Crippen molar-refractivity contribution in [1.82, 2.24) is 15.4 Å². The molecule has 0 radical (unpaired) electrons. The van der Waals surface area contributed by atoms with Gasteiger partial charge in [-0.3, -0.25) is 9.69 Å². The first-order valence-corrected chi connectivity index (χ1v) is 10.6. The third-order valence-corrected chi connectivity index (χ3v) is 6.74. The van der Waals surface area contributed by atoms with Gasteiger partial charge in [-0.1, -0.05) is 5.16 Å². The van der Waals surface area contributed by atoms with Gasteiger partial charge in [-0.2, -0.15) is 0 Å². The van der Waals surface area contributed by atoms with Gasteiger partial charge in [-0.15, -0.1) is 11.3 Å². The van der Waals surface area contributed by atoms with Crippen LogP contribution < -0.4 is 5.32 Å². The summed E-state index contributed by atoms with van der Waals surface area (Å²) in [6.45, 7) is 9.04. The summed E-state index contributed by atoms with van der Waals surface area (Å²) in [7, 11) is 0. The number of thiophene rings is 1. The van der Waals surface area contributed by atoms with E-state index in [1.807, 2.05) is 19.2 Å². The molecule has 4 rings (SSSR count). The molecule has 1 amide bonds. The fraction of sp³-hybridized carbons (Fsp3) is 0.600. The van der Waals surface area contributed by atoms with E-state index in [9.17, 15) is 4.79 Å². The first-order valence-electron chi connectivity index (χ1n) is 9.71. The lowest BCUT2D eigenvalue weighted by Crippen LogP contribution is -2.34. The van der Waals surface area contributed by atoms with E-state index in [2.05, 4.69) is 15.4 Å². The Bertz CT molecular complexity index is 788. The maximum absolute atomic E-state index is 12.7. The Balaban J connectivity index is 1.37. The minimum Gasteiger partial charge on any atom is -0.381 e. The number of carbonyl (C=O) groups excluding carboxylic acids is 1. The van der Waals surface area contributed by atoms with E-state index in [0.29, 0.717) is 5.92 Å². The van der Waals surface area contributed by atoms with Crippen LogP contribution >= 0.6 is 11.3 Å². The molecule has 0 bridgehead atoms. The van der Waals surface area contributed by atoms with Crippen molar-refractivity contribution in [3.63, 3.8) is 0 Å². The number of rotatable bonds is 5. The third-order valence-electron chi connectivity index (χ3n) is 5.73. The van der Waals surface area contributed by atoms with E-state index in [-0.39, 0.29) is 5.91 Å². The number of ether oxygens (including phenoxy) is 1. The summed E-state index contributed by atoms with van der Waals surface area (Å²) >= 11 is 1.70. The summed E-state index contributed by atoms with van der Waals surface area (Å²) in [4.78, 5) is 16.4. The molecule has 1 N–H and O–H groups in total. The second-order valence-corrected chi connectivity index (χ2v) is 8.54. The highest BCUT2D eigenvalue weighted by Crippen LogP contribution is 2.30. The van der Waals surface area contributed by atoms with E-state index in [4.69, 9.17) is 9.26 Å². The van der Waals surface area contributed by atoms with Gasteiger partial charge < -0.3 is 14.6 Å². The second-order valence-electron chi connectivity index (χ2n) is 7.58. The molecule has 2 aliphatic heterocycles. The summed E-state index contributed by atoms with van der Waals surface area (Å²) in [5, 5.41) is 9.23. The molecule has 146 valence electrons. The second kappa shape index (κ2) is 8.12. The number of fused-ring (bicyclic) bond motifs is 1. The Morgan fingerprint density at radius 3 is 2.93 bits per heavy atom. The maximum Gasteiger partial charge on any atom is 0.252 e. The summed E-state index contributed by atoms with van der Waals surface area (Å²) in [5.74, 6) is 1.53. The molecule has 2 aromatic rings. The van der Waals surface area contributed by atoms with E-state index >= 15 is 0 Å². The normalized spacial score (nSPS) is 18.4. The van der Waals surface area contributed by atoms with Crippen molar-refractivity contribution in [3.05, 3.63) is 38.4 Å². The molecule has 0 atom stereocenters. The molecule has 1 saturated heterocycles. The van der Waals surface area contributed by atoms with Gasteiger partial charge >= 0.3 is 0 Å². The standard InChI is InChI=1S/C20H27N3O3S/c1-13-17(14(2)26-22-13)10-23-6-3-16-18(12-27-19(16)11-23)20(24)21-9-15-4-7-25-8-5-15/h12,15H,3-11H2,1-2H3,(H,21,24). The first kappa shape index (κ1) is 18.7. The third kappa shape index (κ3) is 4.10. The molecule has 6 nitrogen and oxygen atoms in total. The van der Waals surface area contributed by atoms with Crippen molar-refractivity contribution >= 4 is 17.2 Å². The zero-order valence-electron chi connectivity index (χ0n) is 16.0. The Kier molecular flexibility index (Phi) is 5.61. The van der Waals surface area contributed by atoms with Crippen LogP contribution in [0.1, 0.15) is 50.7 Å². The van der Waals surface area contributed by atoms with Gasteiger partial charge in [0.2, 0.25) is 0 Å². The van der Waals surface area contributed by atoms with Gasteiger partial charge in [0.05, 0.1) is 11.3 Å². The average molecular weight is 390 g/mol. The fourth-order valence-corrected chi connectivity index (χ4v) is 5.06. The average Bonchev–Trinajstić information content (AvgIpc) is 3.25. The molecule has 0 unspecified atom stereocenters. The number of hydrogen-bond donors (Lipinski definition) is 1. The smallest absolute Gasteiger partial charge is 0.252 e. The maximum atomic E-state index is 12.7. The highest BCUT2D eigenvalue weighted by Gasteiger charge is 2.25. The van der Waals surface area contributed by atoms with Gasteiger partial charge in [0.15, 0.2) is 0 Å². The van der Waals surface area contributed by atoms with Crippen LogP contribution in [0, 0.1) is 19.8 Å². The van der Waals surface area contributed by atoms with Crippen LogP contribution in [0.5, 0.6) is 0 Å². The summed E-state index contributed by atoms with van der Waals surface area (Å²) in [5.41, 5.74) is 4.26. The molecule has 0 aromatic carbocycles. The summed E-state index contributed by atoms with van der Waals surface area (Å²) in [6.07, 6.45) is 3.00. The summed E-state index contributed by atoms with van der Waals surface area (Å²) in [6, 6.07) is 0. The van der Waals surface area contributed by atoms with Crippen LogP contribution in [-0.4, -0.2) is 42.3 Å². The van der Waals surface area contributed by atoms with Crippen LogP contribution in [0.2, 0.25) is 0 Å². The molecule has 7 heteroatoms. The number of amides is 1. The van der Waals surface area contributed by atoms with Crippen LogP contribution in [0.15, 0.2) is 9.90 Å². The Labute approximate surface area is 163 Å². The Morgan fingerprint density at radius 1 is 1.37 bits per heavy atom. The van der Waals surface area contributed by atoms with Crippen LogP contribution in [-0.2, 0) is 24.2 Å². The van der Waals surface area contributed by atoms with Gasteiger partial charge in [0, 0.05) is 55.2 Å². The SMILES string of the molecule is Cc1noc(C)c1CN1CCc2c(C(=O)NCC3CCOCC3)csc2C1. The summed E-state index contributed by atoms with van der Waals surface area (Å²) < 4.78 is 10.7. The van der Waals surface area contributed by atoms with E-state index in [1.54, 1.807) is 11.3 Å². The van der Waals surface area contributed by atoms with E-state index in [1.165, 1.54) is 16.0 Å². The van der Waals surface area contributed by atoms with E-state index < -0.39 is 0 Å². The minimum absolute atomic E-state index is 0.0816. The number of nitrogens with zero attached hydrogens (tertiary/aromatic N) is 2. The van der Waals surface area contributed by atoms with Gasteiger partial charge in [-0.25, -0.2) is 0 Å².